The van der Waals surface area contributed by atoms with Crippen LogP contribution in [0, 0.1) is 10.1 Å². The minimum Gasteiger partial charge on any atom is -0.493 e. The van der Waals surface area contributed by atoms with Gasteiger partial charge >= 0.3 is 0 Å². The summed E-state index contributed by atoms with van der Waals surface area (Å²) in [5.74, 6) is 1.83. The summed E-state index contributed by atoms with van der Waals surface area (Å²) in [7, 11) is 4.56. The molecule has 10 heteroatoms. The number of ether oxygens (including phenoxy) is 3. The van der Waals surface area contributed by atoms with E-state index in [-0.39, 0.29) is 18.1 Å². The fraction of sp³-hybridized carbons (Fsp3) is 0.176. The second kappa shape index (κ2) is 8.37. The van der Waals surface area contributed by atoms with Gasteiger partial charge in [-0.1, -0.05) is 0 Å². The van der Waals surface area contributed by atoms with Crippen LogP contribution in [0.4, 0.5) is 17.2 Å². The summed E-state index contributed by atoms with van der Waals surface area (Å²) >= 11 is 0. The molecule has 0 aliphatic rings. The van der Waals surface area contributed by atoms with Crippen LogP contribution in [-0.2, 0) is 0 Å². The second-order valence-electron chi connectivity index (χ2n) is 5.19. The molecule has 27 heavy (non-hydrogen) atoms. The van der Waals surface area contributed by atoms with Crippen LogP contribution < -0.4 is 19.5 Å². The number of nitro groups is 1. The van der Waals surface area contributed by atoms with E-state index in [0.717, 1.165) is 0 Å². The molecule has 142 valence electrons. The maximum Gasteiger partial charge on any atom is 0.269 e. The molecule has 0 amide bonds. The number of non-ortho nitro benzene ring substituents is 1. The average molecular weight is 393 g/mol. The van der Waals surface area contributed by atoms with Crippen molar-refractivity contribution in [1.82, 2.24) is 9.97 Å². The summed E-state index contributed by atoms with van der Waals surface area (Å²) in [6.45, 7) is 0. The summed E-state index contributed by atoms with van der Waals surface area (Å²) in [6, 6.07) is 7.77. The number of nitrogens with one attached hydrogen (secondary N) is 1. The van der Waals surface area contributed by atoms with Crippen LogP contribution in [0.25, 0.3) is 10.9 Å². The molecule has 3 aromatic rings. The van der Waals surface area contributed by atoms with Crippen LogP contribution in [0.3, 0.4) is 0 Å². The molecule has 1 aromatic heterocycles. The first kappa shape index (κ1) is 20.0. The predicted octanol–water partition coefficient (Wildman–Crippen LogP) is 3.73. The molecule has 0 spiro atoms. The zero-order valence-corrected chi connectivity index (χ0v) is 15.6. The predicted molar refractivity (Wildman–Crippen MR) is 103 cm³/mol. The number of nitro benzene ring substituents is 1. The molecule has 0 saturated carbocycles. The lowest BCUT2D eigenvalue weighted by Crippen LogP contribution is -2.01. The normalized spacial score (nSPS) is 10.0. The third kappa shape index (κ3) is 3.77. The van der Waals surface area contributed by atoms with Crippen molar-refractivity contribution in [1.29, 1.82) is 0 Å². The molecule has 0 aliphatic heterocycles. The highest BCUT2D eigenvalue weighted by atomic mass is 35.5. The van der Waals surface area contributed by atoms with Crippen molar-refractivity contribution in [2.24, 2.45) is 0 Å². The molecule has 3 rings (SSSR count). The van der Waals surface area contributed by atoms with Gasteiger partial charge in [0.05, 0.1) is 31.6 Å². The maximum absolute atomic E-state index is 10.8. The number of nitrogens with zero attached hydrogens (tertiary/aromatic N) is 3. The Morgan fingerprint density at radius 2 is 1.67 bits per heavy atom. The van der Waals surface area contributed by atoms with Gasteiger partial charge in [-0.2, -0.15) is 0 Å². The Morgan fingerprint density at radius 3 is 2.22 bits per heavy atom. The van der Waals surface area contributed by atoms with Crippen molar-refractivity contribution in [2.75, 3.05) is 26.6 Å². The van der Waals surface area contributed by atoms with E-state index in [1.165, 1.54) is 39.8 Å². The molecule has 9 nitrogen and oxygen atoms in total. The topological polar surface area (TPSA) is 109 Å². The van der Waals surface area contributed by atoms with E-state index in [9.17, 15) is 10.1 Å². The van der Waals surface area contributed by atoms with Gasteiger partial charge in [-0.05, 0) is 18.2 Å². The van der Waals surface area contributed by atoms with Crippen LogP contribution in [0.1, 0.15) is 0 Å². The third-order valence-corrected chi connectivity index (χ3v) is 3.77. The highest BCUT2D eigenvalue weighted by molar-refractivity contribution is 5.97. The van der Waals surface area contributed by atoms with Crippen molar-refractivity contribution in [3.05, 3.63) is 46.8 Å². The fourth-order valence-electron chi connectivity index (χ4n) is 2.57. The number of benzene rings is 2. The molecule has 0 fully saturated rings. The number of rotatable bonds is 6. The number of anilines is 2. The standard InChI is InChI=1S/C17H16N4O5.ClH/c1-24-13-8-12-14(16(26-3)15(13)25-2)18-9-19-17(12)20-10-4-6-11(7-5-10)21(22)23;/h4-9H,1-3H3,(H,18,19,20);1H. The molecule has 0 radical (unpaired) electrons. The van der Waals surface area contributed by atoms with Crippen LogP contribution in [0.5, 0.6) is 17.2 Å². The number of aromatic nitrogens is 2. The van der Waals surface area contributed by atoms with Gasteiger partial charge in [-0.15, -0.1) is 12.4 Å². The lowest BCUT2D eigenvalue weighted by atomic mass is 10.1. The molecule has 1 heterocycles. The van der Waals surface area contributed by atoms with E-state index in [0.29, 0.717) is 39.7 Å². The first-order valence-electron chi connectivity index (χ1n) is 7.54. The zero-order valence-electron chi connectivity index (χ0n) is 14.8. The van der Waals surface area contributed by atoms with E-state index in [4.69, 9.17) is 14.2 Å². The lowest BCUT2D eigenvalue weighted by Gasteiger charge is -2.15. The monoisotopic (exact) mass is 392 g/mol. The fourth-order valence-corrected chi connectivity index (χ4v) is 2.57. The van der Waals surface area contributed by atoms with E-state index in [1.54, 1.807) is 18.2 Å². The first-order valence-corrected chi connectivity index (χ1v) is 7.54. The van der Waals surface area contributed by atoms with Gasteiger partial charge in [0, 0.05) is 17.8 Å². The minimum atomic E-state index is -0.453. The highest BCUT2D eigenvalue weighted by Crippen LogP contribution is 2.44. The number of hydrogen-bond donors (Lipinski definition) is 1. The Hall–Kier alpha value is -3.33. The number of halogens is 1. The number of hydrogen-bond acceptors (Lipinski definition) is 8. The summed E-state index contributed by atoms with van der Waals surface area (Å²) in [6.07, 6.45) is 1.39. The van der Waals surface area contributed by atoms with Gasteiger partial charge in [0.15, 0.2) is 11.5 Å². The van der Waals surface area contributed by atoms with E-state index < -0.39 is 4.92 Å². The van der Waals surface area contributed by atoms with Crippen LogP contribution in [0.15, 0.2) is 36.7 Å². The molecular formula is C17H17ClN4O5. The molecule has 0 atom stereocenters. The molecule has 2 aromatic carbocycles. The minimum absolute atomic E-state index is 0. The summed E-state index contributed by atoms with van der Waals surface area (Å²) in [4.78, 5) is 18.9. The zero-order chi connectivity index (χ0) is 18.7. The summed E-state index contributed by atoms with van der Waals surface area (Å²) in [5, 5.41) is 14.6. The van der Waals surface area contributed by atoms with Crippen molar-refractivity contribution < 1.29 is 19.1 Å². The first-order chi connectivity index (χ1) is 12.6. The van der Waals surface area contributed by atoms with Crippen LogP contribution in [-0.4, -0.2) is 36.2 Å². The summed E-state index contributed by atoms with van der Waals surface area (Å²) in [5.41, 5.74) is 1.20. The van der Waals surface area contributed by atoms with Gasteiger partial charge in [0.2, 0.25) is 5.75 Å². The van der Waals surface area contributed by atoms with Crippen molar-refractivity contribution >= 4 is 40.5 Å². The van der Waals surface area contributed by atoms with Gasteiger partial charge in [-0.25, -0.2) is 9.97 Å². The van der Waals surface area contributed by atoms with Gasteiger partial charge in [-0.3, -0.25) is 10.1 Å². The highest BCUT2D eigenvalue weighted by Gasteiger charge is 2.19. The van der Waals surface area contributed by atoms with Crippen LogP contribution in [0.2, 0.25) is 0 Å². The van der Waals surface area contributed by atoms with Gasteiger partial charge in [0.25, 0.3) is 5.69 Å². The molecule has 0 unspecified atom stereocenters. The van der Waals surface area contributed by atoms with E-state index >= 15 is 0 Å². The smallest absolute Gasteiger partial charge is 0.269 e. The van der Waals surface area contributed by atoms with E-state index in [1.807, 2.05) is 0 Å². The van der Waals surface area contributed by atoms with Crippen LogP contribution >= 0.6 is 12.4 Å². The molecule has 0 bridgehead atoms. The molecule has 0 aliphatic carbocycles. The van der Waals surface area contributed by atoms with Crippen molar-refractivity contribution in [2.45, 2.75) is 0 Å². The quantitative estimate of drug-likeness (QED) is 0.499. The average Bonchev–Trinajstić information content (AvgIpc) is 2.67. The molecular weight excluding hydrogens is 376 g/mol. The van der Waals surface area contributed by atoms with Gasteiger partial charge in [0.1, 0.15) is 17.7 Å². The number of fused-ring (bicyclic) bond motifs is 1. The Kier molecular flexibility index (Phi) is 6.19. The van der Waals surface area contributed by atoms with E-state index in [2.05, 4.69) is 15.3 Å². The molecule has 1 N–H and O–H groups in total. The molecule has 0 saturated heterocycles. The Labute approximate surface area is 160 Å². The lowest BCUT2D eigenvalue weighted by molar-refractivity contribution is -0.384. The third-order valence-electron chi connectivity index (χ3n) is 3.77. The second-order valence-corrected chi connectivity index (χ2v) is 5.19. The van der Waals surface area contributed by atoms with Gasteiger partial charge < -0.3 is 19.5 Å². The Balaban J connectivity index is 0.00000261. The largest absolute Gasteiger partial charge is 0.493 e. The number of methoxy groups -OCH3 is 3. The SMILES string of the molecule is COc1cc2c(Nc3ccc([N+](=O)[O-])cc3)ncnc2c(OC)c1OC.Cl. The maximum atomic E-state index is 10.8. The Bertz CT molecular complexity index is 966. The van der Waals surface area contributed by atoms with Crippen molar-refractivity contribution in [3.63, 3.8) is 0 Å². The summed E-state index contributed by atoms with van der Waals surface area (Å²) < 4.78 is 16.2. The Morgan fingerprint density at radius 1 is 1.00 bits per heavy atom. The van der Waals surface area contributed by atoms with Crippen molar-refractivity contribution in [3.8, 4) is 17.2 Å².